The van der Waals surface area contributed by atoms with E-state index in [4.69, 9.17) is 4.98 Å². The van der Waals surface area contributed by atoms with Gasteiger partial charge in [-0.1, -0.05) is 18.9 Å². The van der Waals surface area contributed by atoms with E-state index in [9.17, 15) is 4.79 Å². The number of rotatable bonds is 3. The van der Waals surface area contributed by atoms with Gasteiger partial charge >= 0.3 is 0 Å². The Bertz CT molecular complexity index is 1030. The second-order valence-corrected chi connectivity index (χ2v) is 7.77. The van der Waals surface area contributed by atoms with Gasteiger partial charge in [0.05, 0.1) is 18.8 Å². The molecule has 1 aliphatic carbocycles. The van der Waals surface area contributed by atoms with Crippen molar-refractivity contribution >= 4 is 11.0 Å². The van der Waals surface area contributed by atoms with Gasteiger partial charge in [-0.15, -0.1) is 0 Å². The van der Waals surface area contributed by atoms with Crippen molar-refractivity contribution in [2.24, 2.45) is 0 Å². The van der Waals surface area contributed by atoms with Gasteiger partial charge in [0, 0.05) is 31.5 Å². The maximum absolute atomic E-state index is 12.9. The monoisotopic (exact) mass is 364 g/mol. The van der Waals surface area contributed by atoms with E-state index in [0.29, 0.717) is 24.5 Å². The zero-order valence-corrected chi connectivity index (χ0v) is 15.6. The molecule has 3 aromatic rings. The summed E-state index contributed by atoms with van der Waals surface area (Å²) in [4.78, 5) is 24.6. The summed E-state index contributed by atoms with van der Waals surface area (Å²) in [5.41, 5.74) is 3.03. The van der Waals surface area contributed by atoms with Crippen LogP contribution >= 0.6 is 0 Å². The van der Waals surface area contributed by atoms with Crippen molar-refractivity contribution in [2.45, 2.75) is 58.3 Å². The van der Waals surface area contributed by atoms with E-state index in [2.05, 4.69) is 21.0 Å². The first-order chi connectivity index (χ1) is 13.2. The Balaban J connectivity index is 1.47. The lowest BCUT2D eigenvalue weighted by molar-refractivity contribution is 0.204. The third-order valence-electron chi connectivity index (χ3n) is 5.85. The molecule has 2 aliphatic rings. The van der Waals surface area contributed by atoms with Gasteiger partial charge in [0.2, 0.25) is 0 Å². The number of aromatic nitrogens is 5. The molecule has 0 unspecified atom stereocenters. The predicted octanol–water partition coefficient (Wildman–Crippen LogP) is 2.43. The van der Waals surface area contributed by atoms with Gasteiger partial charge in [0.25, 0.3) is 5.56 Å². The molecule has 1 aliphatic heterocycles. The number of pyridine rings is 1. The van der Waals surface area contributed by atoms with Crippen LogP contribution in [0.3, 0.4) is 0 Å². The molecule has 0 spiro atoms. The Hall–Kier alpha value is -2.54. The van der Waals surface area contributed by atoms with E-state index < -0.39 is 0 Å². The molecule has 1 saturated carbocycles. The van der Waals surface area contributed by atoms with Crippen LogP contribution in [0.1, 0.15) is 48.8 Å². The van der Waals surface area contributed by atoms with Crippen LogP contribution in [-0.4, -0.2) is 35.8 Å². The van der Waals surface area contributed by atoms with Crippen LogP contribution in [0.15, 0.2) is 29.3 Å². The second kappa shape index (κ2) is 6.56. The standard InChI is InChI=1S/C20H24N6O/c1-14-6-7-15(10-21-14)12-24-8-9-25-18(13-24)23-19-17(20(25)27)11-22-26(19)16-4-2-3-5-16/h6-7,10-11,16H,2-5,8-9,12-13H2,1H3. The van der Waals surface area contributed by atoms with E-state index in [-0.39, 0.29) is 5.56 Å². The first-order valence-corrected chi connectivity index (χ1v) is 9.80. The molecule has 7 heteroatoms. The summed E-state index contributed by atoms with van der Waals surface area (Å²) in [6, 6.07) is 4.55. The van der Waals surface area contributed by atoms with E-state index in [0.717, 1.165) is 43.1 Å². The minimum atomic E-state index is 0.0518. The number of hydrogen-bond acceptors (Lipinski definition) is 5. The van der Waals surface area contributed by atoms with Crippen molar-refractivity contribution in [1.82, 2.24) is 29.2 Å². The fourth-order valence-electron chi connectivity index (χ4n) is 4.34. The lowest BCUT2D eigenvalue weighted by Crippen LogP contribution is -2.39. The summed E-state index contributed by atoms with van der Waals surface area (Å²) in [5, 5.41) is 5.18. The highest BCUT2D eigenvalue weighted by Gasteiger charge is 2.25. The molecule has 0 atom stereocenters. The van der Waals surface area contributed by atoms with Crippen molar-refractivity contribution < 1.29 is 0 Å². The Labute approximate surface area is 157 Å². The first kappa shape index (κ1) is 16.6. The van der Waals surface area contributed by atoms with E-state index in [1.807, 2.05) is 28.4 Å². The Kier molecular flexibility index (Phi) is 4.04. The van der Waals surface area contributed by atoms with Crippen LogP contribution in [0.4, 0.5) is 0 Å². The third kappa shape index (κ3) is 2.96. The Morgan fingerprint density at radius 1 is 1.15 bits per heavy atom. The molecule has 0 aromatic carbocycles. The van der Waals surface area contributed by atoms with Gasteiger partial charge in [-0.05, 0) is 31.4 Å². The molecule has 1 fully saturated rings. The Morgan fingerprint density at radius 3 is 2.78 bits per heavy atom. The van der Waals surface area contributed by atoms with Crippen molar-refractivity contribution in [3.05, 3.63) is 52.0 Å². The maximum atomic E-state index is 12.9. The van der Waals surface area contributed by atoms with Gasteiger partial charge in [0.15, 0.2) is 5.65 Å². The minimum Gasteiger partial charge on any atom is -0.294 e. The average Bonchev–Trinajstić information content (AvgIpc) is 3.33. The van der Waals surface area contributed by atoms with E-state index in [1.54, 1.807) is 6.20 Å². The summed E-state index contributed by atoms with van der Waals surface area (Å²) in [6.07, 6.45) is 8.36. The first-order valence-electron chi connectivity index (χ1n) is 9.80. The maximum Gasteiger partial charge on any atom is 0.264 e. The molecule has 5 rings (SSSR count). The Morgan fingerprint density at radius 2 is 2.00 bits per heavy atom. The average molecular weight is 364 g/mol. The summed E-state index contributed by atoms with van der Waals surface area (Å²) >= 11 is 0. The molecular formula is C20H24N6O. The predicted molar refractivity (Wildman–Crippen MR) is 102 cm³/mol. The number of nitrogens with zero attached hydrogens (tertiary/aromatic N) is 6. The van der Waals surface area contributed by atoms with E-state index in [1.165, 1.54) is 18.4 Å². The molecular weight excluding hydrogens is 340 g/mol. The van der Waals surface area contributed by atoms with Gasteiger partial charge in [-0.25, -0.2) is 9.67 Å². The molecule has 140 valence electrons. The topological polar surface area (TPSA) is 68.8 Å². The third-order valence-corrected chi connectivity index (χ3v) is 5.85. The highest BCUT2D eigenvalue weighted by Crippen LogP contribution is 2.30. The number of aryl methyl sites for hydroxylation is 1. The van der Waals surface area contributed by atoms with Crippen molar-refractivity contribution in [2.75, 3.05) is 6.54 Å². The molecule has 27 heavy (non-hydrogen) atoms. The second-order valence-electron chi connectivity index (χ2n) is 7.77. The molecule has 0 radical (unpaired) electrons. The zero-order chi connectivity index (χ0) is 18.4. The zero-order valence-electron chi connectivity index (χ0n) is 15.6. The van der Waals surface area contributed by atoms with Crippen LogP contribution in [0.2, 0.25) is 0 Å². The van der Waals surface area contributed by atoms with Gasteiger partial charge in [0.1, 0.15) is 11.2 Å². The van der Waals surface area contributed by atoms with Gasteiger partial charge < -0.3 is 0 Å². The number of fused-ring (bicyclic) bond motifs is 2. The van der Waals surface area contributed by atoms with Gasteiger partial charge in [-0.2, -0.15) is 5.10 Å². The molecule has 0 saturated heterocycles. The molecule has 0 bridgehead atoms. The summed E-state index contributed by atoms with van der Waals surface area (Å²) < 4.78 is 3.82. The fourth-order valence-corrected chi connectivity index (χ4v) is 4.34. The van der Waals surface area contributed by atoms with Crippen molar-refractivity contribution in [3.63, 3.8) is 0 Å². The molecule has 0 N–H and O–H groups in total. The smallest absolute Gasteiger partial charge is 0.264 e. The van der Waals surface area contributed by atoms with E-state index >= 15 is 0 Å². The fraction of sp³-hybridized carbons (Fsp3) is 0.500. The molecule has 4 heterocycles. The quantitative estimate of drug-likeness (QED) is 0.714. The van der Waals surface area contributed by atoms with Crippen LogP contribution in [0.25, 0.3) is 11.0 Å². The highest BCUT2D eigenvalue weighted by atomic mass is 16.1. The van der Waals surface area contributed by atoms with Crippen LogP contribution in [0.5, 0.6) is 0 Å². The minimum absolute atomic E-state index is 0.0518. The number of hydrogen-bond donors (Lipinski definition) is 0. The van der Waals surface area contributed by atoms with Crippen LogP contribution in [0, 0.1) is 6.92 Å². The summed E-state index contributed by atoms with van der Waals surface area (Å²) in [7, 11) is 0. The van der Waals surface area contributed by atoms with Gasteiger partial charge in [-0.3, -0.25) is 19.2 Å². The molecule has 0 amide bonds. The summed E-state index contributed by atoms with van der Waals surface area (Å²) in [6.45, 7) is 5.00. The molecule has 3 aromatic heterocycles. The summed E-state index contributed by atoms with van der Waals surface area (Å²) in [5.74, 6) is 0.846. The lowest BCUT2D eigenvalue weighted by Gasteiger charge is -2.29. The van der Waals surface area contributed by atoms with Crippen molar-refractivity contribution in [1.29, 1.82) is 0 Å². The normalized spacial score (nSPS) is 18.3. The lowest BCUT2D eigenvalue weighted by atomic mass is 10.2. The largest absolute Gasteiger partial charge is 0.294 e. The van der Waals surface area contributed by atoms with Crippen molar-refractivity contribution in [3.8, 4) is 0 Å². The highest BCUT2D eigenvalue weighted by molar-refractivity contribution is 5.73. The van der Waals surface area contributed by atoms with Crippen LogP contribution < -0.4 is 5.56 Å². The van der Waals surface area contributed by atoms with Crippen LogP contribution in [-0.2, 0) is 19.6 Å². The molecule has 7 nitrogen and oxygen atoms in total. The SMILES string of the molecule is Cc1ccc(CN2CCn3c(nc4c(cnn4C4CCCC4)c3=O)C2)cn1.